The van der Waals surface area contributed by atoms with Gasteiger partial charge in [-0.25, -0.2) is 4.79 Å². The van der Waals surface area contributed by atoms with Gasteiger partial charge in [0.1, 0.15) is 11.6 Å². The van der Waals surface area contributed by atoms with Crippen LogP contribution in [0.5, 0.6) is 0 Å². The lowest BCUT2D eigenvalue weighted by molar-refractivity contribution is -0.358. The molecule has 1 heterocycles. The molecule has 1 unspecified atom stereocenters. The summed E-state index contributed by atoms with van der Waals surface area (Å²) in [4.78, 5) is 25.8. The van der Waals surface area contributed by atoms with Crippen molar-refractivity contribution in [3.63, 3.8) is 0 Å². The lowest BCUT2D eigenvalue weighted by Gasteiger charge is -2.27. The summed E-state index contributed by atoms with van der Waals surface area (Å²) in [6, 6.07) is 2.18. The molecule has 0 radical (unpaired) electrons. The first kappa shape index (κ1) is 22.0. The highest BCUT2D eigenvalue weighted by molar-refractivity contribution is 5.99. The molecule has 1 aliphatic heterocycles. The number of nitrogens with one attached hydrogen (secondary N) is 1. The van der Waals surface area contributed by atoms with Crippen molar-refractivity contribution in [2.24, 2.45) is 0 Å². The van der Waals surface area contributed by atoms with E-state index in [0.717, 1.165) is 12.1 Å². The minimum absolute atomic E-state index is 0.106. The number of carbonyl (C=O) groups excluding carboxylic acids is 2. The van der Waals surface area contributed by atoms with Crippen molar-refractivity contribution in [2.75, 3.05) is 11.9 Å². The number of alkyl carbamates (subject to hydrolysis) is 1. The molecule has 1 atom stereocenters. The van der Waals surface area contributed by atoms with Crippen molar-refractivity contribution in [1.82, 2.24) is 5.32 Å². The van der Waals surface area contributed by atoms with E-state index in [1.807, 2.05) is 0 Å². The van der Waals surface area contributed by atoms with Crippen LogP contribution in [0.1, 0.15) is 38.3 Å². The smallest absolute Gasteiger partial charge is 0.444 e. The van der Waals surface area contributed by atoms with E-state index < -0.39 is 41.2 Å². The highest BCUT2D eigenvalue weighted by Gasteiger charge is 2.54. The van der Waals surface area contributed by atoms with E-state index in [1.54, 1.807) is 20.8 Å². The number of hydrogen-bond acceptors (Lipinski definition) is 5. The van der Waals surface area contributed by atoms with E-state index in [0.29, 0.717) is 11.3 Å². The molecule has 3 N–H and O–H groups in total. The third-order valence-electron chi connectivity index (χ3n) is 4.26. The molecule has 10 heteroatoms. The fourth-order valence-corrected chi connectivity index (χ4v) is 2.85. The average Bonchev–Trinajstić information content (AvgIpc) is 2.64. The van der Waals surface area contributed by atoms with Gasteiger partial charge in [-0.05, 0) is 51.3 Å². The molecule has 2 rings (SSSR count). The van der Waals surface area contributed by atoms with Gasteiger partial charge in [-0.1, -0.05) is 6.07 Å². The van der Waals surface area contributed by atoms with E-state index in [4.69, 9.17) is 4.74 Å². The van der Waals surface area contributed by atoms with Crippen molar-refractivity contribution in [3.05, 3.63) is 29.3 Å². The summed E-state index contributed by atoms with van der Waals surface area (Å²) in [6.45, 7) is 5.01. The fraction of sp³-hybridized carbons (Fsp3) is 0.556. The average molecular weight is 404 g/mol. The van der Waals surface area contributed by atoms with Crippen LogP contribution in [0.3, 0.4) is 0 Å². The van der Waals surface area contributed by atoms with Gasteiger partial charge in [0.2, 0.25) is 5.91 Å². The number of amides is 2. The van der Waals surface area contributed by atoms with Crippen molar-refractivity contribution < 1.29 is 37.7 Å². The Morgan fingerprint density at radius 3 is 2.39 bits per heavy atom. The maximum Gasteiger partial charge on any atom is 0.447 e. The Hall–Kier alpha value is -2.33. The lowest BCUT2D eigenvalue weighted by atomic mass is 9.98. The molecule has 7 nitrogen and oxygen atoms in total. The summed E-state index contributed by atoms with van der Waals surface area (Å²) in [5.41, 5.74) is -0.873. The Kier molecular flexibility index (Phi) is 5.69. The molecular formula is C18H23F3N2O5. The zero-order chi connectivity index (χ0) is 21.5. The molecule has 0 spiro atoms. The van der Waals surface area contributed by atoms with Crippen molar-refractivity contribution in [2.45, 2.75) is 57.2 Å². The van der Waals surface area contributed by atoms with E-state index in [-0.39, 0.29) is 12.8 Å². The second kappa shape index (κ2) is 7.25. The van der Waals surface area contributed by atoms with Gasteiger partial charge in [0.25, 0.3) is 5.79 Å². The summed E-state index contributed by atoms with van der Waals surface area (Å²) in [5.74, 6) is -4.47. The Balaban J connectivity index is 2.28. The first-order valence-corrected chi connectivity index (χ1v) is 8.55. The van der Waals surface area contributed by atoms with Crippen LogP contribution in [0, 0.1) is 0 Å². The van der Waals surface area contributed by atoms with Crippen molar-refractivity contribution in [1.29, 1.82) is 0 Å². The second-order valence-electron chi connectivity index (χ2n) is 7.65. The minimum atomic E-state index is -5.28. The number of likely N-dealkylation sites (N-methyl/N-ethyl adjacent to an activating group) is 1. The van der Waals surface area contributed by atoms with E-state index in [1.165, 1.54) is 18.0 Å². The Morgan fingerprint density at radius 2 is 1.86 bits per heavy atom. The van der Waals surface area contributed by atoms with Crippen LogP contribution >= 0.6 is 0 Å². The molecular weight excluding hydrogens is 381 g/mol. The van der Waals surface area contributed by atoms with E-state index >= 15 is 0 Å². The molecule has 0 saturated heterocycles. The largest absolute Gasteiger partial charge is 0.447 e. The molecule has 1 aromatic rings. The zero-order valence-corrected chi connectivity index (χ0v) is 15.9. The number of nitrogens with zero attached hydrogens (tertiary/aromatic N) is 1. The van der Waals surface area contributed by atoms with Gasteiger partial charge in [0.05, 0.1) is 0 Å². The maximum absolute atomic E-state index is 12.9. The number of benzene rings is 1. The summed E-state index contributed by atoms with van der Waals surface area (Å²) in [5, 5.41) is 21.4. The minimum Gasteiger partial charge on any atom is -0.444 e. The van der Waals surface area contributed by atoms with Crippen LogP contribution in [0.25, 0.3) is 0 Å². The van der Waals surface area contributed by atoms with E-state index in [2.05, 4.69) is 5.32 Å². The standard InChI is InChI=1S/C18H23F3N2O5/c1-16(2,3)28-15(25)22-12-7-5-10-9-11(17(26,27)18(19,20)21)6-8-13(10)23(4)14(12)24/h6,8-9,12,26-27H,5,7H2,1-4H3,(H,22,25). The summed E-state index contributed by atoms with van der Waals surface area (Å²) in [6.07, 6.45) is -5.83. The van der Waals surface area contributed by atoms with Gasteiger partial charge in [0.15, 0.2) is 0 Å². The summed E-state index contributed by atoms with van der Waals surface area (Å²) in [7, 11) is 1.42. The van der Waals surface area contributed by atoms with Gasteiger partial charge in [-0.15, -0.1) is 0 Å². The first-order valence-electron chi connectivity index (χ1n) is 8.55. The number of halogens is 3. The van der Waals surface area contributed by atoms with Gasteiger partial charge >= 0.3 is 12.3 Å². The lowest BCUT2D eigenvalue weighted by Crippen LogP contribution is -2.48. The van der Waals surface area contributed by atoms with Gasteiger partial charge < -0.3 is 25.2 Å². The number of aliphatic hydroxyl groups is 2. The summed E-state index contributed by atoms with van der Waals surface area (Å²) >= 11 is 0. The van der Waals surface area contributed by atoms with Crippen LogP contribution < -0.4 is 10.2 Å². The van der Waals surface area contributed by atoms with Crippen molar-refractivity contribution in [3.8, 4) is 0 Å². The van der Waals surface area contributed by atoms with Crippen molar-refractivity contribution >= 4 is 17.7 Å². The molecule has 0 aromatic heterocycles. The van der Waals surface area contributed by atoms with Crippen LogP contribution in [-0.2, 0) is 21.7 Å². The molecule has 0 bridgehead atoms. The quantitative estimate of drug-likeness (QED) is 0.657. The molecule has 0 saturated carbocycles. The summed E-state index contributed by atoms with van der Waals surface area (Å²) < 4.78 is 43.8. The predicted molar refractivity (Wildman–Crippen MR) is 93.5 cm³/mol. The number of alkyl halides is 3. The highest BCUT2D eigenvalue weighted by Crippen LogP contribution is 2.38. The second-order valence-corrected chi connectivity index (χ2v) is 7.65. The first-order chi connectivity index (χ1) is 12.6. The third-order valence-corrected chi connectivity index (χ3v) is 4.26. The monoisotopic (exact) mass is 404 g/mol. The van der Waals surface area contributed by atoms with Gasteiger partial charge in [0, 0.05) is 18.3 Å². The van der Waals surface area contributed by atoms with Crippen LogP contribution in [0.4, 0.5) is 23.7 Å². The molecule has 156 valence electrons. The van der Waals surface area contributed by atoms with E-state index in [9.17, 15) is 33.0 Å². The Bertz CT molecular complexity index is 771. The van der Waals surface area contributed by atoms with Crippen LogP contribution in [-0.4, -0.2) is 47.1 Å². The zero-order valence-electron chi connectivity index (χ0n) is 15.9. The third kappa shape index (κ3) is 4.56. The maximum atomic E-state index is 12.9. The van der Waals surface area contributed by atoms with Crippen LogP contribution in [0.2, 0.25) is 0 Å². The van der Waals surface area contributed by atoms with Gasteiger partial charge in [-0.2, -0.15) is 13.2 Å². The fourth-order valence-electron chi connectivity index (χ4n) is 2.85. The SMILES string of the molecule is CN1C(=O)C(NC(=O)OC(C)(C)C)CCc2cc(C(O)(O)C(F)(F)F)ccc21. The number of ether oxygens (including phenoxy) is 1. The molecule has 1 aliphatic rings. The molecule has 28 heavy (non-hydrogen) atoms. The number of hydrogen-bond donors (Lipinski definition) is 3. The highest BCUT2D eigenvalue weighted by atomic mass is 19.4. The van der Waals surface area contributed by atoms with Gasteiger partial charge in [-0.3, -0.25) is 4.79 Å². The number of aryl methyl sites for hydroxylation is 1. The number of carbonyl (C=O) groups is 2. The predicted octanol–water partition coefficient (Wildman–Crippen LogP) is 2.19. The Labute approximate surface area is 160 Å². The molecule has 0 aliphatic carbocycles. The molecule has 1 aromatic carbocycles. The number of anilines is 1. The number of rotatable bonds is 2. The topological polar surface area (TPSA) is 99.1 Å². The normalized spacial score (nSPS) is 18.4. The number of fused-ring (bicyclic) bond motifs is 1. The van der Waals surface area contributed by atoms with Crippen LogP contribution in [0.15, 0.2) is 18.2 Å². The molecule has 2 amide bonds. The Morgan fingerprint density at radius 1 is 1.25 bits per heavy atom. The molecule has 0 fully saturated rings.